The van der Waals surface area contributed by atoms with Gasteiger partial charge in [-0.05, 0) is 49.4 Å². The molecule has 1 aromatic carbocycles. The van der Waals surface area contributed by atoms with Crippen molar-refractivity contribution in [1.29, 1.82) is 0 Å². The van der Waals surface area contributed by atoms with Gasteiger partial charge in [-0.15, -0.1) is 0 Å². The quantitative estimate of drug-likeness (QED) is 0.553. The zero-order chi connectivity index (χ0) is 23.4. The normalized spacial score (nSPS) is 21.9. The van der Waals surface area contributed by atoms with Crippen LogP contribution >= 0.6 is 23.2 Å². The molecule has 2 atom stereocenters. The zero-order valence-electron chi connectivity index (χ0n) is 18.2. The van der Waals surface area contributed by atoms with Crippen molar-refractivity contribution >= 4 is 39.1 Å². The first-order valence-corrected chi connectivity index (χ1v) is 13.3. The van der Waals surface area contributed by atoms with Crippen molar-refractivity contribution in [3.63, 3.8) is 0 Å². The lowest BCUT2D eigenvalue weighted by Crippen LogP contribution is -2.46. The molecule has 0 radical (unpaired) electrons. The van der Waals surface area contributed by atoms with Gasteiger partial charge in [-0.1, -0.05) is 41.8 Å². The molecule has 3 heterocycles. The average Bonchev–Trinajstić information content (AvgIpc) is 3.30. The SMILES string of the molecule is O=C(COCC1CCCCN1S(=O)(=O)c1c(Cl)cccc1Cl)N1CCCC1c1cccnc1. The standard InChI is InChI=1S/C23H27Cl2N3O4S/c24-19-8-3-9-20(25)23(19)33(30,31)28-13-2-1-7-18(28)15-32-16-22(29)27-12-5-10-21(27)17-6-4-11-26-14-17/h3-4,6,8-9,11,14,18,21H,1-2,5,7,10,12-13,15-16H2. The third-order valence-corrected chi connectivity index (χ3v) is 9.14. The Morgan fingerprint density at radius 1 is 1.06 bits per heavy atom. The molecule has 2 aromatic rings. The van der Waals surface area contributed by atoms with E-state index in [0.29, 0.717) is 19.5 Å². The topological polar surface area (TPSA) is 79.8 Å². The van der Waals surface area contributed by atoms with Gasteiger partial charge in [-0.25, -0.2) is 8.42 Å². The van der Waals surface area contributed by atoms with Crippen LogP contribution in [0.2, 0.25) is 10.0 Å². The predicted molar refractivity (Wildman–Crippen MR) is 127 cm³/mol. The molecular formula is C23H27Cl2N3O4S. The lowest BCUT2D eigenvalue weighted by atomic mass is 10.1. The Bertz CT molecular complexity index is 1060. The number of aromatic nitrogens is 1. The minimum absolute atomic E-state index is 0.00345. The molecule has 2 saturated heterocycles. The van der Waals surface area contributed by atoms with Crippen molar-refractivity contribution in [3.05, 3.63) is 58.3 Å². The van der Waals surface area contributed by atoms with Crippen LogP contribution in [-0.4, -0.2) is 60.9 Å². The number of hydrogen-bond donors (Lipinski definition) is 0. The Labute approximate surface area is 204 Å². The van der Waals surface area contributed by atoms with E-state index < -0.39 is 10.0 Å². The molecule has 1 amide bonds. The molecule has 178 valence electrons. The number of halogens is 2. The minimum atomic E-state index is -3.90. The van der Waals surface area contributed by atoms with Gasteiger partial charge in [0.25, 0.3) is 0 Å². The summed E-state index contributed by atoms with van der Waals surface area (Å²) in [5, 5.41) is 0.191. The summed E-state index contributed by atoms with van der Waals surface area (Å²) in [6.07, 6.45) is 7.62. The molecule has 2 unspecified atom stereocenters. The second-order valence-electron chi connectivity index (χ2n) is 8.36. The van der Waals surface area contributed by atoms with Gasteiger partial charge in [0.1, 0.15) is 11.5 Å². The molecule has 1 aromatic heterocycles. The van der Waals surface area contributed by atoms with E-state index in [9.17, 15) is 13.2 Å². The summed E-state index contributed by atoms with van der Waals surface area (Å²) in [6.45, 7) is 1.09. The van der Waals surface area contributed by atoms with Crippen molar-refractivity contribution < 1.29 is 17.9 Å². The average molecular weight is 512 g/mol. The maximum Gasteiger partial charge on any atom is 0.249 e. The molecule has 33 heavy (non-hydrogen) atoms. The van der Waals surface area contributed by atoms with E-state index in [0.717, 1.165) is 31.2 Å². The number of hydrogen-bond acceptors (Lipinski definition) is 5. The molecule has 0 N–H and O–H groups in total. The van der Waals surface area contributed by atoms with Gasteiger partial charge in [0.05, 0.1) is 22.7 Å². The van der Waals surface area contributed by atoms with Crippen LogP contribution in [0.5, 0.6) is 0 Å². The Hall–Kier alpha value is -1.71. The van der Waals surface area contributed by atoms with Crippen LogP contribution in [0.4, 0.5) is 0 Å². The highest BCUT2D eigenvalue weighted by Gasteiger charge is 2.36. The molecule has 2 aliphatic rings. The molecule has 2 aliphatic heterocycles. The molecule has 0 spiro atoms. The molecule has 10 heteroatoms. The number of nitrogens with zero attached hydrogens (tertiary/aromatic N) is 3. The fourth-order valence-electron chi connectivity index (χ4n) is 4.65. The lowest BCUT2D eigenvalue weighted by molar-refractivity contribution is -0.137. The molecule has 4 rings (SSSR count). The molecule has 0 aliphatic carbocycles. The first-order chi connectivity index (χ1) is 15.9. The third-order valence-electron chi connectivity index (χ3n) is 6.24. The smallest absolute Gasteiger partial charge is 0.249 e. The summed E-state index contributed by atoms with van der Waals surface area (Å²) in [5.41, 5.74) is 1.02. The molecule has 7 nitrogen and oxygen atoms in total. The Balaban J connectivity index is 1.40. The van der Waals surface area contributed by atoms with E-state index >= 15 is 0 Å². The number of sulfonamides is 1. The Morgan fingerprint density at radius 3 is 2.58 bits per heavy atom. The van der Waals surface area contributed by atoms with E-state index in [1.807, 2.05) is 17.0 Å². The van der Waals surface area contributed by atoms with Crippen LogP contribution in [-0.2, 0) is 19.6 Å². The van der Waals surface area contributed by atoms with Crippen LogP contribution in [0.15, 0.2) is 47.6 Å². The number of piperidine rings is 1. The summed E-state index contributed by atoms with van der Waals surface area (Å²) in [4.78, 5) is 18.8. The number of likely N-dealkylation sites (tertiary alicyclic amines) is 1. The largest absolute Gasteiger partial charge is 0.370 e. The molecule has 0 bridgehead atoms. The summed E-state index contributed by atoms with van der Waals surface area (Å²) < 4.78 is 33.9. The van der Waals surface area contributed by atoms with Gasteiger partial charge in [-0.2, -0.15) is 4.31 Å². The van der Waals surface area contributed by atoms with Crippen LogP contribution in [0.25, 0.3) is 0 Å². The maximum absolute atomic E-state index is 13.4. The van der Waals surface area contributed by atoms with E-state index in [2.05, 4.69) is 4.98 Å². The van der Waals surface area contributed by atoms with Crippen molar-refractivity contribution in [2.75, 3.05) is 26.3 Å². The molecule has 2 fully saturated rings. The van der Waals surface area contributed by atoms with Gasteiger partial charge in [0.15, 0.2) is 0 Å². The summed E-state index contributed by atoms with van der Waals surface area (Å²) in [6, 6.07) is 8.13. The number of ether oxygens (including phenoxy) is 1. The zero-order valence-corrected chi connectivity index (χ0v) is 20.5. The first-order valence-electron chi connectivity index (χ1n) is 11.1. The monoisotopic (exact) mass is 511 g/mol. The molecular weight excluding hydrogens is 485 g/mol. The van der Waals surface area contributed by atoms with E-state index in [1.165, 1.54) is 16.4 Å². The fraction of sp³-hybridized carbons (Fsp3) is 0.478. The Morgan fingerprint density at radius 2 is 1.85 bits per heavy atom. The fourth-order valence-corrected chi connectivity index (χ4v) is 7.43. The lowest BCUT2D eigenvalue weighted by Gasteiger charge is -2.35. The number of benzene rings is 1. The Kier molecular flexibility index (Phi) is 7.91. The minimum Gasteiger partial charge on any atom is -0.370 e. The van der Waals surface area contributed by atoms with E-state index in [-0.39, 0.29) is 46.1 Å². The van der Waals surface area contributed by atoms with Crippen LogP contribution in [0.3, 0.4) is 0 Å². The predicted octanol–water partition coefficient (Wildman–Crippen LogP) is 4.31. The van der Waals surface area contributed by atoms with Crippen molar-refractivity contribution in [3.8, 4) is 0 Å². The highest BCUT2D eigenvalue weighted by molar-refractivity contribution is 7.89. The number of rotatable bonds is 7. The third kappa shape index (κ3) is 5.35. The van der Waals surface area contributed by atoms with Gasteiger partial charge < -0.3 is 9.64 Å². The van der Waals surface area contributed by atoms with Crippen molar-refractivity contribution in [1.82, 2.24) is 14.2 Å². The summed E-state index contributed by atoms with van der Waals surface area (Å²) in [5.74, 6) is -0.0966. The van der Waals surface area contributed by atoms with Gasteiger partial charge in [0, 0.05) is 31.5 Å². The summed E-state index contributed by atoms with van der Waals surface area (Å²) >= 11 is 12.4. The number of pyridine rings is 1. The highest BCUT2D eigenvalue weighted by atomic mass is 35.5. The van der Waals surface area contributed by atoms with Gasteiger partial charge in [-0.3, -0.25) is 9.78 Å². The summed E-state index contributed by atoms with van der Waals surface area (Å²) in [7, 11) is -3.90. The highest BCUT2D eigenvalue weighted by Crippen LogP contribution is 2.35. The van der Waals surface area contributed by atoms with E-state index in [4.69, 9.17) is 27.9 Å². The number of amides is 1. The van der Waals surface area contributed by atoms with Crippen molar-refractivity contribution in [2.45, 2.75) is 49.1 Å². The van der Waals surface area contributed by atoms with Crippen LogP contribution < -0.4 is 0 Å². The number of carbonyl (C=O) groups is 1. The van der Waals surface area contributed by atoms with E-state index in [1.54, 1.807) is 18.5 Å². The van der Waals surface area contributed by atoms with Crippen LogP contribution in [0.1, 0.15) is 43.7 Å². The molecule has 0 saturated carbocycles. The van der Waals surface area contributed by atoms with Gasteiger partial charge in [0.2, 0.25) is 15.9 Å². The van der Waals surface area contributed by atoms with Gasteiger partial charge >= 0.3 is 0 Å². The second-order valence-corrected chi connectivity index (χ2v) is 11.0. The number of carbonyl (C=O) groups excluding carboxylic acids is 1. The van der Waals surface area contributed by atoms with Crippen LogP contribution in [0, 0.1) is 0 Å². The second kappa shape index (κ2) is 10.7. The first kappa shape index (κ1) is 24.4. The van der Waals surface area contributed by atoms with Crippen molar-refractivity contribution in [2.24, 2.45) is 0 Å². The maximum atomic E-state index is 13.4.